The van der Waals surface area contributed by atoms with E-state index in [1.165, 1.54) is 7.11 Å². The van der Waals surface area contributed by atoms with Crippen LogP contribution in [0.5, 0.6) is 0 Å². The Balaban J connectivity index is 2.42. The maximum absolute atomic E-state index is 11.9. The second-order valence-corrected chi connectivity index (χ2v) is 5.32. The van der Waals surface area contributed by atoms with Crippen LogP contribution in [0.1, 0.15) is 18.9 Å². The van der Waals surface area contributed by atoms with Crippen LogP contribution >= 0.6 is 0 Å². The summed E-state index contributed by atoms with van der Waals surface area (Å²) < 4.78 is 9.59. The molecule has 0 aliphatic heterocycles. The van der Waals surface area contributed by atoms with Crippen molar-refractivity contribution in [1.29, 1.82) is 5.26 Å². The molecule has 1 aromatic carbocycles. The van der Waals surface area contributed by atoms with Crippen molar-refractivity contribution in [1.82, 2.24) is 10.6 Å². The third kappa shape index (κ3) is 7.35. The number of ether oxygens (including phenoxy) is 2. The summed E-state index contributed by atoms with van der Waals surface area (Å²) in [4.78, 5) is 35.2. The molecule has 1 rings (SSSR count). The number of hydrogen-bond donors (Lipinski definition) is 2. The Labute approximate surface area is 146 Å². The van der Waals surface area contributed by atoms with E-state index in [4.69, 9.17) is 10.00 Å². The second kappa shape index (κ2) is 10.6. The van der Waals surface area contributed by atoms with Crippen LogP contribution in [0.15, 0.2) is 30.3 Å². The van der Waals surface area contributed by atoms with E-state index in [1.807, 2.05) is 24.3 Å². The number of carbonyl (C=O) groups excluding carboxylic acids is 3. The van der Waals surface area contributed by atoms with E-state index < -0.39 is 29.9 Å². The van der Waals surface area contributed by atoms with Gasteiger partial charge < -0.3 is 20.1 Å². The average Bonchev–Trinajstić information content (AvgIpc) is 2.63. The molecule has 2 atom stereocenters. The number of rotatable bonds is 8. The quantitative estimate of drug-likeness (QED) is 0.681. The minimum absolute atomic E-state index is 0.0760. The topological polar surface area (TPSA) is 118 Å². The number of nitrogens with zero attached hydrogens (tertiary/aromatic N) is 1. The van der Waals surface area contributed by atoms with E-state index in [2.05, 4.69) is 15.4 Å². The molecule has 0 radical (unpaired) electrons. The van der Waals surface area contributed by atoms with E-state index in [-0.39, 0.29) is 19.6 Å². The van der Waals surface area contributed by atoms with Crippen LogP contribution in [0.4, 0.5) is 4.79 Å². The monoisotopic (exact) mass is 347 g/mol. The van der Waals surface area contributed by atoms with Crippen LogP contribution in [0.2, 0.25) is 0 Å². The van der Waals surface area contributed by atoms with Gasteiger partial charge in [-0.1, -0.05) is 37.3 Å². The number of methoxy groups -OCH3 is 1. The van der Waals surface area contributed by atoms with Gasteiger partial charge in [-0.25, -0.2) is 9.59 Å². The third-order valence-electron chi connectivity index (χ3n) is 3.36. The highest BCUT2D eigenvalue weighted by atomic mass is 16.5. The van der Waals surface area contributed by atoms with Crippen molar-refractivity contribution in [3.05, 3.63) is 35.9 Å². The van der Waals surface area contributed by atoms with Gasteiger partial charge in [0.2, 0.25) is 5.91 Å². The lowest BCUT2D eigenvalue weighted by atomic mass is 9.99. The van der Waals surface area contributed by atoms with E-state index >= 15 is 0 Å². The fourth-order valence-corrected chi connectivity index (χ4v) is 1.97. The first-order chi connectivity index (χ1) is 12.0. The Hall–Kier alpha value is -3.08. The summed E-state index contributed by atoms with van der Waals surface area (Å²) in [6, 6.07) is 10.1. The van der Waals surface area contributed by atoms with Crippen molar-refractivity contribution >= 4 is 18.0 Å². The van der Waals surface area contributed by atoms with Crippen molar-refractivity contribution in [3.8, 4) is 6.07 Å². The van der Waals surface area contributed by atoms with Gasteiger partial charge in [0.15, 0.2) is 0 Å². The molecule has 0 unspecified atom stereocenters. The molecule has 0 saturated heterocycles. The van der Waals surface area contributed by atoms with E-state index in [9.17, 15) is 14.4 Å². The van der Waals surface area contributed by atoms with Crippen molar-refractivity contribution in [3.63, 3.8) is 0 Å². The molecule has 0 spiro atoms. The zero-order valence-electron chi connectivity index (χ0n) is 14.2. The Bertz CT molecular complexity index is 627. The van der Waals surface area contributed by atoms with Gasteiger partial charge in [0.25, 0.3) is 0 Å². The molecule has 2 N–H and O–H groups in total. The number of hydrogen-bond acceptors (Lipinski definition) is 6. The molecule has 8 nitrogen and oxygen atoms in total. The zero-order valence-corrected chi connectivity index (χ0v) is 14.2. The van der Waals surface area contributed by atoms with E-state index in [1.54, 1.807) is 19.1 Å². The Morgan fingerprint density at radius 3 is 2.52 bits per heavy atom. The van der Waals surface area contributed by atoms with Gasteiger partial charge in [0, 0.05) is 12.3 Å². The Morgan fingerprint density at radius 2 is 1.92 bits per heavy atom. The number of nitriles is 1. The molecule has 2 amide bonds. The lowest BCUT2D eigenvalue weighted by molar-refractivity contribution is -0.146. The van der Waals surface area contributed by atoms with Crippen LogP contribution in [-0.4, -0.2) is 37.7 Å². The smallest absolute Gasteiger partial charge is 0.407 e. The van der Waals surface area contributed by atoms with Crippen LogP contribution in [0.25, 0.3) is 0 Å². The van der Waals surface area contributed by atoms with Gasteiger partial charge in [-0.05, 0) is 5.56 Å². The lowest BCUT2D eigenvalue weighted by Crippen LogP contribution is -2.49. The second-order valence-electron chi connectivity index (χ2n) is 5.32. The number of esters is 1. The van der Waals surface area contributed by atoms with Crippen LogP contribution in [-0.2, 0) is 25.7 Å². The van der Waals surface area contributed by atoms with Crippen LogP contribution in [0, 0.1) is 17.2 Å². The van der Waals surface area contributed by atoms with Crippen molar-refractivity contribution in [2.24, 2.45) is 5.92 Å². The summed E-state index contributed by atoms with van der Waals surface area (Å²) in [5, 5.41) is 13.5. The minimum atomic E-state index is -0.959. The first kappa shape index (κ1) is 20.0. The molecule has 0 aromatic heterocycles. The van der Waals surface area contributed by atoms with Crippen molar-refractivity contribution in [2.75, 3.05) is 13.7 Å². The molecule has 0 saturated carbocycles. The fourth-order valence-electron chi connectivity index (χ4n) is 1.97. The maximum Gasteiger partial charge on any atom is 0.407 e. The van der Waals surface area contributed by atoms with Gasteiger partial charge in [0.05, 0.1) is 13.2 Å². The molecular weight excluding hydrogens is 326 g/mol. The average molecular weight is 347 g/mol. The van der Waals surface area contributed by atoms with Crippen LogP contribution < -0.4 is 10.6 Å². The molecule has 0 heterocycles. The molecule has 0 fully saturated rings. The molecule has 134 valence electrons. The van der Waals surface area contributed by atoms with Crippen molar-refractivity contribution in [2.45, 2.75) is 26.0 Å². The molecule has 0 bridgehead atoms. The third-order valence-corrected chi connectivity index (χ3v) is 3.36. The number of benzene rings is 1. The summed E-state index contributed by atoms with van der Waals surface area (Å²) in [6.45, 7) is 1.37. The Kier molecular flexibility index (Phi) is 8.50. The highest BCUT2D eigenvalue weighted by Gasteiger charge is 2.27. The standard InChI is InChI=1S/C17H21N3O5/c1-12(8-9-18)15(16(22)24-2)20-14(21)10-19-17(23)25-11-13-6-4-3-5-7-13/h3-7,12,15H,8,10-11H2,1-2H3,(H,19,23)(H,20,21)/t12-,15-/m1/s1. The number of amides is 2. The van der Waals surface area contributed by atoms with Gasteiger partial charge >= 0.3 is 12.1 Å². The highest BCUT2D eigenvalue weighted by Crippen LogP contribution is 2.09. The first-order valence-corrected chi connectivity index (χ1v) is 7.66. The molecule has 0 aliphatic carbocycles. The summed E-state index contributed by atoms with van der Waals surface area (Å²) in [7, 11) is 1.19. The van der Waals surface area contributed by atoms with Gasteiger partial charge in [0.1, 0.15) is 19.2 Å². The first-order valence-electron chi connectivity index (χ1n) is 7.66. The maximum atomic E-state index is 11.9. The Morgan fingerprint density at radius 1 is 1.24 bits per heavy atom. The van der Waals surface area contributed by atoms with Gasteiger partial charge in [-0.15, -0.1) is 0 Å². The molecular formula is C17H21N3O5. The normalized spacial score (nSPS) is 12.2. The number of alkyl carbamates (subject to hydrolysis) is 1. The van der Waals surface area contributed by atoms with Gasteiger partial charge in [-0.2, -0.15) is 5.26 Å². The SMILES string of the molecule is COC(=O)[C@H](NC(=O)CNC(=O)OCc1ccccc1)[C@H](C)CC#N. The predicted molar refractivity (Wildman–Crippen MR) is 88.0 cm³/mol. The largest absolute Gasteiger partial charge is 0.467 e. The molecule has 25 heavy (non-hydrogen) atoms. The number of nitrogens with one attached hydrogen (secondary N) is 2. The minimum Gasteiger partial charge on any atom is -0.467 e. The summed E-state index contributed by atoms with van der Waals surface area (Å²) in [5.74, 6) is -1.66. The number of carbonyl (C=O) groups is 3. The van der Waals surface area contributed by atoms with Gasteiger partial charge in [-0.3, -0.25) is 4.79 Å². The fraction of sp³-hybridized carbons (Fsp3) is 0.412. The predicted octanol–water partition coefficient (Wildman–Crippen LogP) is 1.12. The van der Waals surface area contributed by atoms with E-state index in [0.29, 0.717) is 0 Å². The summed E-state index contributed by atoms with van der Waals surface area (Å²) >= 11 is 0. The zero-order chi connectivity index (χ0) is 18.7. The summed E-state index contributed by atoms with van der Waals surface area (Å²) in [6.07, 6.45) is -0.675. The summed E-state index contributed by atoms with van der Waals surface area (Å²) in [5.41, 5.74) is 0.818. The highest BCUT2D eigenvalue weighted by molar-refractivity contribution is 5.87. The molecule has 0 aliphatic rings. The van der Waals surface area contributed by atoms with Crippen LogP contribution in [0.3, 0.4) is 0 Å². The molecule has 1 aromatic rings. The van der Waals surface area contributed by atoms with E-state index in [0.717, 1.165) is 5.56 Å². The van der Waals surface area contributed by atoms with Crippen molar-refractivity contribution < 1.29 is 23.9 Å². The molecule has 8 heteroatoms. The lowest BCUT2D eigenvalue weighted by Gasteiger charge is -2.21.